The first-order chi connectivity index (χ1) is 7.14. The van der Waals surface area contributed by atoms with Crippen LogP contribution in [0.1, 0.15) is 17.3 Å². The van der Waals surface area contributed by atoms with Crippen molar-refractivity contribution in [1.29, 1.82) is 0 Å². The van der Waals surface area contributed by atoms with Crippen molar-refractivity contribution in [3.05, 3.63) is 29.8 Å². The van der Waals surface area contributed by atoms with Crippen molar-refractivity contribution < 1.29 is 9.53 Å². The van der Waals surface area contributed by atoms with Crippen LogP contribution in [0.25, 0.3) is 0 Å². The molecule has 2 N–H and O–H groups in total. The first-order valence-electron chi connectivity index (χ1n) is 4.85. The fourth-order valence-electron chi connectivity index (χ4n) is 1.57. The lowest BCUT2D eigenvalue weighted by atomic mass is 10.1. The molecule has 80 valence electrons. The molecule has 1 amide bonds. The zero-order valence-electron chi connectivity index (χ0n) is 8.83. The standard InChI is InChI=1S/C11H14N2O2/c1-11(15-2)7-12-9-6-4-3-5-8(9)10(14)13-11/h3-6,12H,7H2,1-2H3,(H,13,14)/t11-/m1/s1. The third-order valence-corrected chi connectivity index (χ3v) is 2.62. The molecule has 1 aliphatic heterocycles. The Labute approximate surface area is 88.6 Å². The summed E-state index contributed by atoms with van der Waals surface area (Å²) in [4.78, 5) is 11.8. The average molecular weight is 206 g/mol. The number of benzene rings is 1. The molecular weight excluding hydrogens is 192 g/mol. The van der Waals surface area contributed by atoms with E-state index in [0.29, 0.717) is 12.1 Å². The Hall–Kier alpha value is -1.55. The highest BCUT2D eigenvalue weighted by molar-refractivity contribution is 6.00. The van der Waals surface area contributed by atoms with Crippen molar-refractivity contribution >= 4 is 11.6 Å². The Morgan fingerprint density at radius 1 is 1.40 bits per heavy atom. The molecule has 1 aromatic rings. The highest BCUT2D eigenvalue weighted by Gasteiger charge is 2.30. The van der Waals surface area contributed by atoms with Crippen LogP contribution < -0.4 is 10.6 Å². The molecule has 1 aromatic carbocycles. The molecule has 0 saturated carbocycles. The van der Waals surface area contributed by atoms with E-state index in [4.69, 9.17) is 4.74 Å². The highest BCUT2D eigenvalue weighted by atomic mass is 16.5. The van der Waals surface area contributed by atoms with Crippen LogP contribution >= 0.6 is 0 Å². The monoisotopic (exact) mass is 206 g/mol. The fraction of sp³-hybridized carbons (Fsp3) is 0.364. The van der Waals surface area contributed by atoms with Crippen LogP contribution in [0.2, 0.25) is 0 Å². The second-order valence-corrected chi connectivity index (χ2v) is 3.79. The van der Waals surface area contributed by atoms with Gasteiger partial charge >= 0.3 is 0 Å². The highest BCUT2D eigenvalue weighted by Crippen LogP contribution is 2.20. The smallest absolute Gasteiger partial charge is 0.255 e. The second kappa shape index (κ2) is 3.55. The molecule has 0 fully saturated rings. The lowest BCUT2D eigenvalue weighted by Gasteiger charge is -2.27. The number of methoxy groups -OCH3 is 1. The zero-order valence-corrected chi connectivity index (χ0v) is 8.83. The van der Waals surface area contributed by atoms with Gasteiger partial charge < -0.3 is 15.4 Å². The van der Waals surface area contributed by atoms with Gasteiger partial charge in [0.25, 0.3) is 5.91 Å². The van der Waals surface area contributed by atoms with E-state index < -0.39 is 5.72 Å². The van der Waals surface area contributed by atoms with Crippen molar-refractivity contribution in [3.8, 4) is 0 Å². The number of carbonyl (C=O) groups excluding carboxylic acids is 1. The van der Waals surface area contributed by atoms with Crippen molar-refractivity contribution in [2.75, 3.05) is 19.0 Å². The minimum Gasteiger partial charge on any atom is -0.380 e. The van der Waals surface area contributed by atoms with Gasteiger partial charge in [0.2, 0.25) is 0 Å². The molecular formula is C11H14N2O2. The first-order valence-corrected chi connectivity index (χ1v) is 4.85. The number of ether oxygens (including phenoxy) is 1. The van der Waals surface area contributed by atoms with E-state index in [1.54, 1.807) is 13.2 Å². The number of para-hydroxylation sites is 1. The molecule has 1 aliphatic rings. The van der Waals surface area contributed by atoms with Crippen LogP contribution in [-0.4, -0.2) is 25.3 Å². The van der Waals surface area contributed by atoms with E-state index in [1.807, 2.05) is 25.1 Å². The van der Waals surface area contributed by atoms with Crippen LogP contribution in [0, 0.1) is 0 Å². The van der Waals surface area contributed by atoms with E-state index in [9.17, 15) is 4.79 Å². The molecule has 4 nitrogen and oxygen atoms in total. The summed E-state index contributed by atoms with van der Waals surface area (Å²) in [5.74, 6) is -0.111. The second-order valence-electron chi connectivity index (χ2n) is 3.79. The lowest BCUT2D eigenvalue weighted by Crippen LogP contribution is -2.50. The van der Waals surface area contributed by atoms with Crippen LogP contribution in [-0.2, 0) is 4.74 Å². The van der Waals surface area contributed by atoms with E-state index in [2.05, 4.69) is 10.6 Å². The van der Waals surface area contributed by atoms with Crippen LogP contribution in [0.4, 0.5) is 5.69 Å². The Morgan fingerprint density at radius 2 is 2.13 bits per heavy atom. The molecule has 0 aromatic heterocycles. The van der Waals surface area contributed by atoms with Gasteiger partial charge in [-0.25, -0.2) is 0 Å². The molecule has 0 unspecified atom stereocenters. The van der Waals surface area contributed by atoms with Crippen LogP contribution in [0.15, 0.2) is 24.3 Å². The van der Waals surface area contributed by atoms with Gasteiger partial charge in [-0.15, -0.1) is 0 Å². The van der Waals surface area contributed by atoms with Crippen molar-refractivity contribution in [3.63, 3.8) is 0 Å². The quantitative estimate of drug-likeness (QED) is 0.726. The van der Waals surface area contributed by atoms with E-state index in [0.717, 1.165) is 5.69 Å². The van der Waals surface area contributed by atoms with Crippen LogP contribution in [0.5, 0.6) is 0 Å². The van der Waals surface area contributed by atoms with Gasteiger partial charge in [0.05, 0.1) is 12.1 Å². The summed E-state index contributed by atoms with van der Waals surface area (Å²) in [6.07, 6.45) is 0. The molecule has 1 heterocycles. The summed E-state index contributed by atoms with van der Waals surface area (Å²) >= 11 is 0. The fourth-order valence-corrected chi connectivity index (χ4v) is 1.57. The Kier molecular flexibility index (Phi) is 2.36. The van der Waals surface area contributed by atoms with Gasteiger partial charge in [0.1, 0.15) is 0 Å². The Morgan fingerprint density at radius 3 is 2.87 bits per heavy atom. The maximum atomic E-state index is 11.8. The number of fused-ring (bicyclic) bond motifs is 1. The number of rotatable bonds is 1. The van der Waals surface area contributed by atoms with E-state index >= 15 is 0 Å². The SMILES string of the molecule is CO[C@]1(C)CNc2ccccc2C(=O)N1. The normalized spacial score (nSPS) is 24.8. The van der Waals surface area contributed by atoms with Crippen LogP contribution in [0.3, 0.4) is 0 Å². The number of hydrogen-bond acceptors (Lipinski definition) is 3. The van der Waals surface area contributed by atoms with E-state index in [1.165, 1.54) is 0 Å². The number of nitrogens with one attached hydrogen (secondary N) is 2. The molecule has 2 rings (SSSR count). The molecule has 15 heavy (non-hydrogen) atoms. The summed E-state index contributed by atoms with van der Waals surface area (Å²) in [5, 5.41) is 6.03. The molecule has 1 atom stereocenters. The summed E-state index contributed by atoms with van der Waals surface area (Å²) < 4.78 is 5.27. The van der Waals surface area contributed by atoms with Gasteiger partial charge in [-0.2, -0.15) is 0 Å². The summed E-state index contributed by atoms with van der Waals surface area (Å²) in [6, 6.07) is 7.42. The van der Waals surface area contributed by atoms with E-state index in [-0.39, 0.29) is 5.91 Å². The summed E-state index contributed by atoms with van der Waals surface area (Å²) in [6.45, 7) is 2.38. The zero-order chi connectivity index (χ0) is 10.9. The number of carbonyl (C=O) groups is 1. The minimum atomic E-state index is -0.657. The summed E-state index contributed by atoms with van der Waals surface area (Å²) in [7, 11) is 1.58. The van der Waals surface area contributed by atoms with Crippen molar-refractivity contribution in [2.45, 2.75) is 12.6 Å². The lowest BCUT2D eigenvalue weighted by molar-refractivity contribution is -0.00692. The predicted molar refractivity (Wildman–Crippen MR) is 57.8 cm³/mol. The van der Waals surface area contributed by atoms with Gasteiger partial charge in [-0.3, -0.25) is 4.79 Å². The Balaban J connectivity index is 2.36. The predicted octanol–water partition coefficient (Wildman–Crippen LogP) is 1.20. The van der Waals surface area contributed by atoms with Gasteiger partial charge in [0, 0.05) is 12.8 Å². The van der Waals surface area contributed by atoms with Gasteiger partial charge in [-0.05, 0) is 19.1 Å². The molecule has 0 bridgehead atoms. The van der Waals surface area contributed by atoms with Crippen molar-refractivity contribution in [2.24, 2.45) is 0 Å². The average Bonchev–Trinajstić information content (AvgIpc) is 2.38. The summed E-state index contributed by atoms with van der Waals surface area (Å²) in [5.41, 5.74) is 0.838. The van der Waals surface area contributed by atoms with Gasteiger partial charge in [0.15, 0.2) is 5.72 Å². The molecule has 0 saturated heterocycles. The number of anilines is 1. The maximum absolute atomic E-state index is 11.8. The van der Waals surface area contributed by atoms with Crippen molar-refractivity contribution in [1.82, 2.24) is 5.32 Å². The third kappa shape index (κ3) is 1.80. The maximum Gasteiger partial charge on any atom is 0.255 e. The largest absolute Gasteiger partial charge is 0.380 e. The molecule has 4 heteroatoms. The Bertz CT molecular complexity index is 392. The third-order valence-electron chi connectivity index (χ3n) is 2.62. The first kappa shape index (κ1) is 9.98. The number of amides is 1. The minimum absolute atomic E-state index is 0.111. The van der Waals surface area contributed by atoms with Gasteiger partial charge in [-0.1, -0.05) is 12.1 Å². The number of hydrogen-bond donors (Lipinski definition) is 2. The topological polar surface area (TPSA) is 50.4 Å². The molecule has 0 radical (unpaired) electrons. The molecule has 0 aliphatic carbocycles. The molecule has 0 spiro atoms.